The topological polar surface area (TPSA) is 38.9 Å². The Labute approximate surface area is 316 Å². The summed E-state index contributed by atoms with van der Waals surface area (Å²) in [5.74, 6) is 0.528. The van der Waals surface area contributed by atoms with Crippen LogP contribution in [-0.2, 0) is 26.5 Å². The second-order valence-electron chi connectivity index (χ2n) is 13.2. The molecule has 0 N–H and O–H groups in total. The maximum absolute atomic E-state index is 6.08. The van der Waals surface area contributed by atoms with E-state index in [4.69, 9.17) is 9.40 Å². The molecule has 5 aromatic carbocycles. The molecule has 0 saturated heterocycles. The van der Waals surface area contributed by atoms with E-state index in [9.17, 15) is 0 Å². The number of hydrogen-bond donors (Lipinski definition) is 0. The number of pyridine rings is 2. The largest absolute Gasteiger partial charge is 0.501 e. The van der Waals surface area contributed by atoms with Gasteiger partial charge in [-0.15, -0.1) is 42.0 Å². The number of hydrogen-bond acceptors (Lipinski definition) is 4. The summed E-state index contributed by atoms with van der Waals surface area (Å²) in [6.07, 6.45) is 4.70. The summed E-state index contributed by atoms with van der Waals surface area (Å²) in [7, 11) is 0. The first-order valence-electron chi connectivity index (χ1n) is 17.0. The van der Waals surface area contributed by atoms with Crippen molar-refractivity contribution < 1.29 is 24.5 Å². The molecule has 253 valence electrons. The van der Waals surface area contributed by atoms with Crippen LogP contribution in [0.25, 0.3) is 64.6 Å². The Morgan fingerprint density at radius 3 is 2.24 bits per heavy atom. The molecule has 0 bridgehead atoms. The molecule has 0 aliphatic rings. The molecule has 0 aliphatic carbocycles. The molecule has 9 aromatic rings. The van der Waals surface area contributed by atoms with Gasteiger partial charge in [0.1, 0.15) is 5.58 Å². The summed E-state index contributed by atoms with van der Waals surface area (Å²) in [5.41, 5.74) is 12.0. The summed E-state index contributed by atoms with van der Waals surface area (Å²) < 4.78 is 8.67. The van der Waals surface area contributed by atoms with Crippen LogP contribution in [0.3, 0.4) is 0 Å². The van der Waals surface area contributed by atoms with Gasteiger partial charge in [-0.25, -0.2) is 0 Å². The Morgan fingerprint density at radius 1 is 0.667 bits per heavy atom. The second-order valence-corrected chi connectivity index (χ2v) is 14.3. The third-order valence-corrected chi connectivity index (χ3v) is 10.4. The van der Waals surface area contributed by atoms with Gasteiger partial charge >= 0.3 is 0 Å². The van der Waals surface area contributed by atoms with Crippen LogP contribution in [0.4, 0.5) is 0 Å². The fourth-order valence-electron chi connectivity index (χ4n) is 6.52. The predicted molar refractivity (Wildman–Crippen MR) is 210 cm³/mol. The van der Waals surface area contributed by atoms with Crippen molar-refractivity contribution in [3.8, 4) is 22.5 Å². The third kappa shape index (κ3) is 7.03. The van der Waals surface area contributed by atoms with Crippen LogP contribution < -0.4 is 0 Å². The molecular weight excluding hydrogens is 821 g/mol. The first kappa shape index (κ1) is 34.5. The van der Waals surface area contributed by atoms with Crippen LogP contribution >= 0.6 is 11.3 Å². The van der Waals surface area contributed by atoms with Crippen molar-refractivity contribution in [2.75, 3.05) is 0 Å². The number of thiophene rings is 1. The molecular formula is C46H36IrN2OS-2. The van der Waals surface area contributed by atoms with Crippen molar-refractivity contribution in [3.05, 3.63) is 168 Å². The number of fused-ring (bicyclic) bond motifs is 6. The molecule has 4 aromatic heterocycles. The smallest absolute Gasteiger partial charge is 0.121 e. The molecule has 3 nitrogen and oxygen atoms in total. The Kier molecular flexibility index (Phi) is 9.97. The summed E-state index contributed by atoms with van der Waals surface area (Å²) in [4.78, 5) is 9.19. The van der Waals surface area contributed by atoms with Gasteiger partial charge in [-0.3, -0.25) is 0 Å². The molecule has 0 fully saturated rings. The summed E-state index contributed by atoms with van der Waals surface area (Å²) in [5, 5.41) is 4.89. The van der Waals surface area contributed by atoms with Gasteiger partial charge in [-0.05, 0) is 93.7 Å². The molecule has 0 saturated carbocycles. The van der Waals surface area contributed by atoms with Crippen molar-refractivity contribution in [1.29, 1.82) is 0 Å². The van der Waals surface area contributed by atoms with E-state index in [1.807, 2.05) is 54.9 Å². The Bertz CT molecular complexity index is 2620. The van der Waals surface area contributed by atoms with Gasteiger partial charge in [-0.1, -0.05) is 103 Å². The first-order chi connectivity index (χ1) is 24.4. The van der Waals surface area contributed by atoms with E-state index in [0.29, 0.717) is 5.92 Å². The third-order valence-electron chi connectivity index (χ3n) is 9.21. The Hall–Kier alpha value is -4.93. The van der Waals surface area contributed by atoms with Crippen molar-refractivity contribution in [3.63, 3.8) is 0 Å². The van der Waals surface area contributed by atoms with Crippen LogP contribution in [0, 0.1) is 26.0 Å². The quantitative estimate of drug-likeness (QED) is 0.162. The van der Waals surface area contributed by atoms with Gasteiger partial charge < -0.3 is 14.4 Å². The van der Waals surface area contributed by atoms with Crippen molar-refractivity contribution >= 4 is 53.4 Å². The zero-order chi connectivity index (χ0) is 34.2. The average molecular weight is 857 g/mol. The van der Waals surface area contributed by atoms with Crippen molar-refractivity contribution in [2.45, 2.75) is 40.0 Å². The fraction of sp³-hybridized carbons (Fsp3) is 0.130. The first-order valence-corrected chi connectivity index (χ1v) is 17.9. The number of aromatic nitrogens is 2. The molecule has 5 heteroatoms. The predicted octanol–water partition coefficient (Wildman–Crippen LogP) is 12.7. The molecule has 0 atom stereocenters. The van der Waals surface area contributed by atoms with Gasteiger partial charge in [0, 0.05) is 42.6 Å². The Morgan fingerprint density at radius 2 is 1.45 bits per heavy atom. The van der Waals surface area contributed by atoms with Crippen molar-refractivity contribution in [2.24, 2.45) is 0 Å². The van der Waals surface area contributed by atoms with Gasteiger partial charge in [0.15, 0.2) is 0 Å². The SMILES string of the molecule is CC(C)c1ccc2sc3c(-c4cc(Cc5ccccc5)ccn4)[c-]ccc3c2c1.Cc1ccc(-c2[c-]ccc3c2oc2cc(C)ccc23)nc1.[Ir]. The summed E-state index contributed by atoms with van der Waals surface area (Å²) >= 11 is 1.84. The molecule has 0 amide bonds. The van der Waals surface area contributed by atoms with E-state index in [1.54, 1.807) is 0 Å². The van der Waals surface area contributed by atoms with E-state index in [-0.39, 0.29) is 20.1 Å². The van der Waals surface area contributed by atoms with E-state index < -0.39 is 0 Å². The second kappa shape index (κ2) is 14.7. The number of benzene rings is 5. The van der Waals surface area contributed by atoms with Crippen LogP contribution in [0.2, 0.25) is 0 Å². The van der Waals surface area contributed by atoms with Crippen molar-refractivity contribution in [1.82, 2.24) is 9.97 Å². The van der Waals surface area contributed by atoms with Gasteiger partial charge in [0.2, 0.25) is 0 Å². The number of aryl methyl sites for hydroxylation is 2. The van der Waals surface area contributed by atoms with E-state index >= 15 is 0 Å². The van der Waals surface area contributed by atoms with Crippen LogP contribution in [0.15, 0.2) is 132 Å². The maximum atomic E-state index is 6.08. The number of rotatable bonds is 5. The minimum atomic E-state index is 0. The molecule has 0 unspecified atom stereocenters. The number of furan rings is 1. The molecule has 51 heavy (non-hydrogen) atoms. The minimum Gasteiger partial charge on any atom is -0.501 e. The number of nitrogens with zero attached hydrogens (tertiary/aromatic N) is 2. The van der Waals surface area contributed by atoms with Crippen LogP contribution in [0.5, 0.6) is 0 Å². The zero-order valence-electron chi connectivity index (χ0n) is 29.0. The van der Waals surface area contributed by atoms with Crippen LogP contribution in [0.1, 0.15) is 47.6 Å². The van der Waals surface area contributed by atoms with Crippen LogP contribution in [-0.4, -0.2) is 9.97 Å². The summed E-state index contributed by atoms with van der Waals surface area (Å²) in [6.45, 7) is 8.60. The molecule has 9 rings (SSSR count). The maximum Gasteiger partial charge on any atom is 0.121 e. The molecule has 1 radical (unpaired) electrons. The van der Waals surface area contributed by atoms with Gasteiger partial charge in [-0.2, -0.15) is 11.3 Å². The van der Waals surface area contributed by atoms with E-state index in [1.165, 1.54) is 42.4 Å². The molecule has 0 spiro atoms. The molecule has 0 aliphatic heterocycles. The fourth-order valence-corrected chi connectivity index (χ4v) is 7.70. The van der Waals surface area contributed by atoms with E-state index in [2.05, 4.69) is 129 Å². The monoisotopic (exact) mass is 857 g/mol. The minimum absolute atomic E-state index is 0. The average Bonchev–Trinajstić information content (AvgIpc) is 3.70. The van der Waals surface area contributed by atoms with Gasteiger partial charge in [0.05, 0.1) is 5.58 Å². The standard InChI is InChI=1S/C27H22NS.C19H14NO.Ir/c1-18(2)21-11-12-26-24(17-21)22-9-6-10-23(27(22)29-26)25-16-20(13-14-28-25)15-19-7-4-3-5-8-19;1-12-6-8-14-15-4-3-5-16(19(15)21-18(14)10-12)17-9-7-13(2)11-20-17;/h3-9,11-14,16-18H,15H2,1-2H3;3-4,6-11H,1-2H3;/q2*-1;. The Balaban J connectivity index is 0.000000164. The van der Waals surface area contributed by atoms with Gasteiger partial charge in [0.25, 0.3) is 0 Å². The normalized spacial score (nSPS) is 11.2. The zero-order valence-corrected chi connectivity index (χ0v) is 32.2. The molecule has 4 heterocycles. The van der Waals surface area contributed by atoms with E-state index in [0.717, 1.165) is 56.4 Å². The summed E-state index contributed by atoms with van der Waals surface area (Å²) in [6, 6.07) is 47.1.